The molecule has 0 fully saturated rings. The minimum absolute atomic E-state index is 0.100. The van der Waals surface area contributed by atoms with Gasteiger partial charge in [0.25, 0.3) is 10.0 Å². The van der Waals surface area contributed by atoms with Crippen LogP contribution >= 0.6 is 27.3 Å². The van der Waals surface area contributed by atoms with E-state index in [-0.39, 0.29) is 21.0 Å². The van der Waals surface area contributed by atoms with Gasteiger partial charge in [-0.1, -0.05) is 15.9 Å². The lowest BCUT2D eigenvalue weighted by Crippen LogP contribution is -2.12. The highest BCUT2D eigenvalue weighted by Gasteiger charge is 2.20. The number of halogens is 1. The van der Waals surface area contributed by atoms with E-state index in [2.05, 4.69) is 20.7 Å². The van der Waals surface area contributed by atoms with Crippen LogP contribution in [-0.4, -0.2) is 19.5 Å². The monoisotopic (exact) mass is 386 g/mol. The van der Waals surface area contributed by atoms with Crippen LogP contribution in [0.4, 0.5) is 5.69 Å². The number of sulfonamides is 1. The third-order valence-electron chi connectivity index (χ3n) is 2.43. The molecule has 1 heterocycles. The van der Waals surface area contributed by atoms with Crippen molar-refractivity contribution in [3.8, 4) is 6.07 Å². The number of nitrogens with one attached hydrogen (secondary N) is 1. The molecule has 9 heteroatoms. The number of nitriles is 1. The molecule has 0 saturated heterocycles. The van der Waals surface area contributed by atoms with Gasteiger partial charge in [-0.2, -0.15) is 5.26 Å². The van der Waals surface area contributed by atoms with Gasteiger partial charge in [-0.05, 0) is 24.3 Å². The van der Waals surface area contributed by atoms with Crippen LogP contribution in [-0.2, 0) is 10.0 Å². The molecular weight excluding hydrogens is 380 g/mol. The number of thiophene rings is 1. The van der Waals surface area contributed by atoms with E-state index < -0.39 is 16.0 Å². The second kappa shape index (κ2) is 5.85. The summed E-state index contributed by atoms with van der Waals surface area (Å²) in [7, 11) is -3.93. The molecule has 0 amide bonds. The van der Waals surface area contributed by atoms with E-state index in [1.54, 1.807) is 6.07 Å². The topological polar surface area (TPSA) is 107 Å². The van der Waals surface area contributed by atoms with E-state index in [0.29, 0.717) is 4.47 Å². The summed E-state index contributed by atoms with van der Waals surface area (Å²) in [6, 6.07) is 7.48. The number of hydrogen-bond donors (Lipinski definition) is 2. The fourth-order valence-electron chi connectivity index (χ4n) is 1.46. The summed E-state index contributed by atoms with van der Waals surface area (Å²) in [4.78, 5) is 10.8. The number of carboxylic acid groups (broad SMARTS) is 1. The molecule has 1 aromatic carbocycles. The first-order chi connectivity index (χ1) is 9.83. The second-order valence-electron chi connectivity index (χ2n) is 3.87. The van der Waals surface area contributed by atoms with Crippen LogP contribution in [0.3, 0.4) is 0 Å². The van der Waals surface area contributed by atoms with E-state index in [4.69, 9.17) is 10.4 Å². The van der Waals surface area contributed by atoms with Crippen LogP contribution < -0.4 is 4.72 Å². The Morgan fingerprint density at radius 1 is 1.38 bits per heavy atom. The Bertz CT molecular complexity index is 852. The number of carbonyl (C=O) groups is 1. The van der Waals surface area contributed by atoms with Crippen molar-refractivity contribution < 1.29 is 18.3 Å². The van der Waals surface area contributed by atoms with E-state index in [1.807, 2.05) is 6.07 Å². The molecule has 2 rings (SSSR count). The molecule has 21 heavy (non-hydrogen) atoms. The second-order valence-corrected chi connectivity index (χ2v) is 7.60. The molecule has 0 saturated carbocycles. The number of aromatic carboxylic acids is 1. The first kappa shape index (κ1) is 15.5. The van der Waals surface area contributed by atoms with E-state index in [9.17, 15) is 13.2 Å². The first-order valence-corrected chi connectivity index (χ1v) is 8.53. The van der Waals surface area contributed by atoms with Gasteiger partial charge in [0.1, 0.15) is 10.3 Å². The number of anilines is 1. The van der Waals surface area contributed by atoms with Crippen molar-refractivity contribution in [3.05, 3.63) is 45.2 Å². The van der Waals surface area contributed by atoms with Gasteiger partial charge in [-0.25, -0.2) is 13.2 Å². The summed E-state index contributed by atoms with van der Waals surface area (Å²) in [5.74, 6) is -1.20. The fraction of sp³-hybridized carbons (Fsp3) is 0. The highest BCUT2D eigenvalue weighted by Crippen LogP contribution is 2.26. The first-order valence-electron chi connectivity index (χ1n) is 5.38. The lowest BCUT2D eigenvalue weighted by atomic mass is 10.2. The summed E-state index contributed by atoms with van der Waals surface area (Å²) in [5, 5.41) is 19.1. The predicted octanol–water partition coefficient (Wildman–Crippen LogP) is 2.88. The molecule has 108 valence electrons. The average molecular weight is 387 g/mol. The molecule has 1 aromatic heterocycles. The van der Waals surface area contributed by atoms with Gasteiger partial charge in [-0.3, -0.25) is 4.72 Å². The summed E-state index contributed by atoms with van der Waals surface area (Å²) >= 11 is 3.99. The minimum atomic E-state index is -3.93. The molecule has 2 N–H and O–H groups in total. The fourth-order valence-corrected chi connectivity index (χ4v) is 4.06. The van der Waals surface area contributed by atoms with E-state index in [0.717, 1.165) is 17.4 Å². The summed E-state index contributed by atoms with van der Waals surface area (Å²) in [6.45, 7) is 0. The smallest absolute Gasteiger partial charge is 0.336 e. The number of hydrogen-bond acceptors (Lipinski definition) is 5. The number of benzene rings is 1. The molecule has 6 nitrogen and oxygen atoms in total. The Hall–Kier alpha value is -1.89. The van der Waals surface area contributed by atoms with Crippen LogP contribution in [0.1, 0.15) is 15.9 Å². The van der Waals surface area contributed by atoms with Gasteiger partial charge in [0.15, 0.2) is 0 Å². The van der Waals surface area contributed by atoms with Crippen LogP contribution in [0, 0.1) is 11.3 Å². The van der Waals surface area contributed by atoms with Gasteiger partial charge in [0.05, 0.1) is 16.8 Å². The maximum Gasteiger partial charge on any atom is 0.336 e. The van der Waals surface area contributed by atoms with Gasteiger partial charge >= 0.3 is 5.97 Å². The molecule has 0 bridgehead atoms. The Morgan fingerprint density at radius 3 is 2.67 bits per heavy atom. The third kappa shape index (κ3) is 3.41. The van der Waals surface area contributed by atoms with Crippen molar-refractivity contribution in [2.45, 2.75) is 4.21 Å². The molecule has 0 aliphatic heterocycles. The van der Waals surface area contributed by atoms with Gasteiger partial charge in [0, 0.05) is 9.85 Å². The van der Waals surface area contributed by atoms with Crippen molar-refractivity contribution in [2.75, 3.05) is 4.72 Å². The summed E-state index contributed by atoms with van der Waals surface area (Å²) < 4.78 is 27.1. The largest absolute Gasteiger partial charge is 0.478 e. The van der Waals surface area contributed by atoms with E-state index >= 15 is 0 Å². The maximum atomic E-state index is 12.2. The molecule has 0 spiro atoms. The van der Waals surface area contributed by atoms with Crippen LogP contribution in [0.15, 0.2) is 38.3 Å². The molecule has 0 atom stereocenters. The SMILES string of the molecule is N#Cc1cc(Br)ccc1NS(=O)(=O)c1cc(C(=O)O)cs1. The Kier molecular flexibility index (Phi) is 4.32. The van der Waals surface area contributed by atoms with Crippen molar-refractivity contribution >= 4 is 48.9 Å². The number of nitrogens with zero attached hydrogens (tertiary/aromatic N) is 1. The van der Waals surface area contributed by atoms with Crippen LogP contribution in [0.2, 0.25) is 0 Å². The molecule has 0 unspecified atom stereocenters. The van der Waals surface area contributed by atoms with E-state index in [1.165, 1.54) is 17.5 Å². The number of rotatable bonds is 4. The molecular formula is C12H7BrN2O4S2. The normalized spacial score (nSPS) is 10.9. The third-order valence-corrected chi connectivity index (χ3v) is 5.73. The van der Waals surface area contributed by atoms with Gasteiger partial charge < -0.3 is 5.11 Å². The Morgan fingerprint density at radius 2 is 2.10 bits per heavy atom. The predicted molar refractivity (Wildman–Crippen MR) is 80.9 cm³/mol. The quantitative estimate of drug-likeness (QED) is 0.839. The Labute approximate surface area is 132 Å². The zero-order valence-corrected chi connectivity index (χ0v) is 13.4. The molecule has 2 aromatic rings. The maximum absolute atomic E-state index is 12.2. The standard InChI is InChI=1S/C12H7BrN2O4S2/c13-9-1-2-10(7(3-9)5-14)15-21(18,19)11-4-8(6-20-11)12(16)17/h1-4,6,15H,(H,16,17). The minimum Gasteiger partial charge on any atom is -0.478 e. The molecule has 0 aliphatic carbocycles. The number of carboxylic acids is 1. The summed E-state index contributed by atoms with van der Waals surface area (Å²) in [5.41, 5.74) is 0.186. The van der Waals surface area contributed by atoms with Crippen molar-refractivity contribution in [1.82, 2.24) is 0 Å². The highest BCUT2D eigenvalue weighted by molar-refractivity contribution is 9.10. The van der Waals surface area contributed by atoms with Crippen molar-refractivity contribution in [2.24, 2.45) is 0 Å². The summed E-state index contributed by atoms with van der Waals surface area (Å²) in [6.07, 6.45) is 0. The molecule has 0 aliphatic rings. The van der Waals surface area contributed by atoms with Gasteiger partial charge in [-0.15, -0.1) is 11.3 Å². The molecule has 0 radical (unpaired) electrons. The highest BCUT2D eigenvalue weighted by atomic mass is 79.9. The van der Waals surface area contributed by atoms with Crippen molar-refractivity contribution in [3.63, 3.8) is 0 Å². The Balaban J connectivity index is 2.37. The average Bonchev–Trinajstić information content (AvgIpc) is 2.91. The lowest BCUT2D eigenvalue weighted by molar-refractivity contribution is 0.0697. The van der Waals surface area contributed by atoms with Gasteiger partial charge in [0.2, 0.25) is 0 Å². The lowest BCUT2D eigenvalue weighted by Gasteiger charge is -2.08. The zero-order chi connectivity index (χ0) is 15.6. The van der Waals surface area contributed by atoms with Crippen LogP contribution in [0.25, 0.3) is 0 Å². The van der Waals surface area contributed by atoms with Crippen molar-refractivity contribution in [1.29, 1.82) is 5.26 Å². The van der Waals surface area contributed by atoms with Crippen LogP contribution in [0.5, 0.6) is 0 Å². The zero-order valence-electron chi connectivity index (χ0n) is 10.2.